The molecule has 25 heavy (non-hydrogen) atoms. The fraction of sp³-hybridized carbons (Fsp3) is 0.588. The first-order valence-corrected chi connectivity index (χ1v) is 8.72. The molecule has 0 unspecified atom stereocenters. The first-order chi connectivity index (χ1) is 12.0. The Kier molecular flexibility index (Phi) is 4.09. The van der Waals surface area contributed by atoms with Crippen LogP contribution in [0.5, 0.6) is 0 Å². The van der Waals surface area contributed by atoms with Crippen molar-refractivity contribution in [1.82, 2.24) is 24.6 Å². The van der Waals surface area contributed by atoms with E-state index >= 15 is 0 Å². The SMILES string of the molecule is CC(C)N1C[C@@H](O)C[C@H]1c1nnc2n1CCN(C(=O)c1ccoc1)C2. The van der Waals surface area contributed by atoms with Crippen LogP contribution in [0.2, 0.25) is 0 Å². The van der Waals surface area contributed by atoms with Gasteiger partial charge in [0.15, 0.2) is 11.6 Å². The van der Waals surface area contributed by atoms with Crippen molar-refractivity contribution in [3.05, 3.63) is 35.8 Å². The lowest BCUT2D eigenvalue weighted by Gasteiger charge is -2.31. The second kappa shape index (κ2) is 6.27. The van der Waals surface area contributed by atoms with Crippen molar-refractivity contribution in [2.75, 3.05) is 13.1 Å². The summed E-state index contributed by atoms with van der Waals surface area (Å²) in [5, 5.41) is 18.8. The van der Waals surface area contributed by atoms with Gasteiger partial charge in [0.25, 0.3) is 5.91 Å². The molecule has 1 saturated heterocycles. The van der Waals surface area contributed by atoms with Gasteiger partial charge in [0.05, 0.1) is 30.5 Å². The Balaban J connectivity index is 1.55. The van der Waals surface area contributed by atoms with E-state index in [2.05, 4.69) is 33.5 Å². The molecule has 8 heteroatoms. The largest absolute Gasteiger partial charge is 0.472 e. The molecule has 4 heterocycles. The van der Waals surface area contributed by atoms with Gasteiger partial charge in [-0.05, 0) is 26.3 Å². The average molecular weight is 345 g/mol. The Morgan fingerprint density at radius 1 is 1.36 bits per heavy atom. The first-order valence-electron chi connectivity index (χ1n) is 8.72. The van der Waals surface area contributed by atoms with Crippen LogP contribution in [0.15, 0.2) is 23.0 Å². The number of β-amino-alcohol motifs (C(OH)–C–C–N with tert-alkyl or cyclic N) is 1. The predicted octanol–water partition coefficient (Wildman–Crippen LogP) is 1.04. The van der Waals surface area contributed by atoms with Gasteiger partial charge in [-0.1, -0.05) is 0 Å². The van der Waals surface area contributed by atoms with Crippen LogP contribution in [0.4, 0.5) is 0 Å². The first kappa shape index (κ1) is 16.3. The van der Waals surface area contributed by atoms with E-state index < -0.39 is 0 Å². The lowest BCUT2D eigenvalue weighted by atomic mass is 10.1. The molecule has 1 N–H and O–H groups in total. The Labute approximate surface area is 146 Å². The minimum absolute atomic E-state index is 0.0513. The standard InChI is InChI=1S/C17H23N5O3/c1-11(2)22-8-13(23)7-14(22)16-19-18-15-9-20(4-5-21(15)16)17(24)12-3-6-25-10-12/h3,6,10-11,13-14,23H,4-5,7-9H2,1-2H3/t13-,14-/m0/s1. The summed E-state index contributed by atoms with van der Waals surface area (Å²) in [6.07, 6.45) is 3.31. The smallest absolute Gasteiger partial charge is 0.257 e. The molecule has 0 aliphatic carbocycles. The third-order valence-corrected chi connectivity index (χ3v) is 5.12. The zero-order valence-electron chi connectivity index (χ0n) is 14.5. The summed E-state index contributed by atoms with van der Waals surface area (Å²) < 4.78 is 7.11. The van der Waals surface area contributed by atoms with Crippen molar-refractivity contribution in [1.29, 1.82) is 0 Å². The molecule has 2 aromatic heterocycles. The van der Waals surface area contributed by atoms with Crippen LogP contribution in [-0.2, 0) is 13.1 Å². The van der Waals surface area contributed by atoms with Gasteiger partial charge in [-0.15, -0.1) is 10.2 Å². The summed E-state index contributed by atoms with van der Waals surface area (Å²) in [5.74, 6) is 1.64. The van der Waals surface area contributed by atoms with Crippen molar-refractivity contribution >= 4 is 5.91 Å². The van der Waals surface area contributed by atoms with Crippen LogP contribution in [0.3, 0.4) is 0 Å². The molecule has 0 bridgehead atoms. The van der Waals surface area contributed by atoms with Crippen LogP contribution in [0.1, 0.15) is 48.3 Å². The maximum absolute atomic E-state index is 12.5. The van der Waals surface area contributed by atoms with Gasteiger partial charge in [-0.25, -0.2) is 0 Å². The number of hydrogen-bond donors (Lipinski definition) is 1. The van der Waals surface area contributed by atoms with Gasteiger partial charge in [-0.3, -0.25) is 9.69 Å². The molecule has 0 spiro atoms. The second-order valence-corrected chi connectivity index (χ2v) is 7.06. The number of aliphatic hydroxyl groups excluding tert-OH is 1. The zero-order valence-corrected chi connectivity index (χ0v) is 14.5. The van der Waals surface area contributed by atoms with E-state index in [0.29, 0.717) is 44.2 Å². The number of hydrogen-bond acceptors (Lipinski definition) is 6. The van der Waals surface area contributed by atoms with Gasteiger partial charge < -0.3 is 19.0 Å². The van der Waals surface area contributed by atoms with E-state index in [0.717, 1.165) is 11.6 Å². The highest BCUT2D eigenvalue weighted by Crippen LogP contribution is 2.33. The van der Waals surface area contributed by atoms with Crippen molar-refractivity contribution in [3.63, 3.8) is 0 Å². The van der Waals surface area contributed by atoms with Crippen LogP contribution < -0.4 is 0 Å². The van der Waals surface area contributed by atoms with Gasteiger partial charge in [0.2, 0.25) is 0 Å². The third kappa shape index (κ3) is 2.85. The number of furan rings is 1. The Morgan fingerprint density at radius 3 is 2.92 bits per heavy atom. The van der Waals surface area contributed by atoms with E-state index in [-0.39, 0.29) is 18.1 Å². The number of rotatable bonds is 3. The Hall–Kier alpha value is -2.19. The summed E-state index contributed by atoms with van der Waals surface area (Å²) in [4.78, 5) is 16.5. The van der Waals surface area contributed by atoms with Gasteiger partial charge in [-0.2, -0.15) is 0 Å². The number of likely N-dealkylation sites (tertiary alicyclic amines) is 1. The fourth-order valence-electron chi connectivity index (χ4n) is 3.83. The van der Waals surface area contributed by atoms with Crippen molar-refractivity contribution < 1.29 is 14.3 Å². The van der Waals surface area contributed by atoms with Crippen LogP contribution in [0.25, 0.3) is 0 Å². The molecule has 2 aromatic rings. The molecule has 8 nitrogen and oxygen atoms in total. The van der Waals surface area contributed by atoms with Crippen molar-refractivity contribution in [2.24, 2.45) is 0 Å². The van der Waals surface area contributed by atoms with Crippen LogP contribution >= 0.6 is 0 Å². The van der Waals surface area contributed by atoms with Gasteiger partial charge in [0.1, 0.15) is 6.26 Å². The maximum Gasteiger partial charge on any atom is 0.257 e. The summed E-state index contributed by atoms with van der Waals surface area (Å²) in [6, 6.07) is 2.08. The van der Waals surface area contributed by atoms with E-state index in [4.69, 9.17) is 4.42 Å². The zero-order chi connectivity index (χ0) is 17.6. The number of carbonyl (C=O) groups is 1. The van der Waals surface area contributed by atoms with Gasteiger partial charge in [0, 0.05) is 25.7 Å². The highest BCUT2D eigenvalue weighted by atomic mass is 16.3. The quantitative estimate of drug-likeness (QED) is 0.894. The molecule has 2 aliphatic rings. The molecule has 1 fully saturated rings. The molecule has 0 saturated carbocycles. The average Bonchev–Trinajstić information content (AvgIpc) is 3.32. The summed E-state index contributed by atoms with van der Waals surface area (Å²) in [7, 11) is 0. The molecule has 1 amide bonds. The minimum Gasteiger partial charge on any atom is -0.472 e. The number of carbonyl (C=O) groups excluding carboxylic acids is 1. The lowest BCUT2D eigenvalue weighted by molar-refractivity contribution is 0.0703. The Bertz CT molecular complexity index is 754. The van der Waals surface area contributed by atoms with Crippen LogP contribution in [0, 0.1) is 0 Å². The number of fused-ring (bicyclic) bond motifs is 1. The third-order valence-electron chi connectivity index (χ3n) is 5.12. The molecule has 2 atom stereocenters. The normalized spacial score (nSPS) is 24.1. The highest BCUT2D eigenvalue weighted by Gasteiger charge is 2.38. The molecule has 4 rings (SSSR count). The number of nitrogens with zero attached hydrogens (tertiary/aromatic N) is 5. The number of aromatic nitrogens is 3. The Morgan fingerprint density at radius 2 is 2.20 bits per heavy atom. The second-order valence-electron chi connectivity index (χ2n) is 7.06. The molecular weight excluding hydrogens is 322 g/mol. The van der Waals surface area contributed by atoms with Crippen molar-refractivity contribution in [3.8, 4) is 0 Å². The van der Waals surface area contributed by atoms with Crippen LogP contribution in [-0.4, -0.2) is 60.8 Å². The highest BCUT2D eigenvalue weighted by molar-refractivity contribution is 5.93. The monoisotopic (exact) mass is 345 g/mol. The summed E-state index contributed by atoms with van der Waals surface area (Å²) >= 11 is 0. The predicted molar refractivity (Wildman–Crippen MR) is 88.7 cm³/mol. The molecule has 0 radical (unpaired) electrons. The lowest BCUT2D eigenvalue weighted by Crippen LogP contribution is -2.39. The number of aliphatic hydroxyl groups is 1. The molecule has 0 aromatic carbocycles. The van der Waals surface area contributed by atoms with E-state index in [9.17, 15) is 9.90 Å². The molecule has 134 valence electrons. The molecular formula is C17H23N5O3. The van der Waals surface area contributed by atoms with Crippen molar-refractivity contribution in [2.45, 2.75) is 51.5 Å². The fourth-order valence-corrected chi connectivity index (χ4v) is 3.83. The van der Waals surface area contributed by atoms with E-state index in [1.54, 1.807) is 11.0 Å². The topological polar surface area (TPSA) is 87.6 Å². The minimum atomic E-state index is -0.330. The number of amides is 1. The summed E-state index contributed by atoms with van der Waals surface area (Å²) in [6.45, 7) is 6.63. The maximum atomic E-state index is 12.5. The summed E-state index contributed by atoms with van der Waals surface area (Å²) in [5.41, 5.74) is 0.554. The molecule has 2 aliphatic heterocycles. The van der Waals surface area contributed by atoms with E-state index in [1.807, 2.05) is 0 Å². The van der Waals surface area contributed by atoms with E-state index in [1.165, 1.54) is 12.5 Å². The van der Waals surface area contributed by atoms with Gasteiger partial charge >= 0.3 is 0 Å².